The molecule has 0 saturated carbocycles. The van der Waals surface area contributed by atoms with E-state index in [9.17, 15) is 4.79 Å². The topological polar surface area (TPSA) is 51.5 Å². The molecule has 1 aromatic carbocycles. The van der Waals surface area contributed by atoms with E-state index in [0.717, 1.165) is 0 Å². The minimum absolute atomic E-state index is 0.0409. The number of ether oxygens (including phenoxy) is 1. The molecule has 2 aromatic rings. The fourth-order valence-electron chi connectivity index (χ4n) is 1.66. The van der Waals surface area contributed by atoms with Crippen LogP contribution in [0.2, 0.25) is 5.02 Å². The number of carbonyl (C=O) groups excluding carboxylic acids is 1. The van der Waals surface area contributed by atoms with E-state index in [-0.39, 0.29) is 12.0 Å². The van der Waals surface area contributed by atoms with Gasteiger partial charge in [-0.15, -0.1) is 0 Å². The van der Waals surface area contributed by atoms with Crippen LogP contribution < -0.4 is 10.1 Å². The number of furan rings is 1. The predicted molar refractivity (Wildman–Crippen MR) is 83.6 cm³/mol. The molecular formula is C16H16ClNO3. The fourth-order valence-corrected chi connectivity index (χ4v) is 1.88. The van der Waals surface area contributed by atoms with Crippen LogP contribution in [-0.4, -0.2) is 12.0 Å². The number of hydrogen-bond donors (Lipinski definition) is 1. The largest absolute Gasteiger partial charge is 0.489 e. The van der Waals surface area contributed by atoms with Crippen LogP contribution in [0, 0.1) is 0 Å². The van der Waals surface area contributed by atoms with Crippen molar-refractivity contribution in [2.45, 2.75) is 20.0 Å². The molecule has 0 atom stereocenters. The van der Waals surface area contributed by atoms with Gasteiger partial charge in [-0.1, -0.05) is 11.6 Å². The Labute approximate surface area is 128 Å². The third-order valence-corrected chi connectivity index (χ3v) is 2.80. The minimum atomic E-state index is -0.264. The average Bonchev–Trinajstić information content (AvgIpc) is 2.92. The van der Waals surface area contributed by atoms with Gasteiger partial charge in [-0.05, 0) is 50.3 Å². The van der Waals surface area contributed by atoms with E-state index in [2.05, 4.69) is 5.32 Å². The predicted octanol–water partition coefficient (Wildman–Crippen LogP) is 4.37. The van der Waals surface area contributed by atoms with Crippen molar-refractivity contribution >= 4 is 29.3 Å². The third kappa shape index (κ3) is 4.68. The van der Waals surface area contributed by atoms with E-state index >= 15 is 0 Å². The van der Waals surface area contributed by atoms with Crippen LogP contribution in [0.3, 0.4) is 0 Å². The monoisotopic (exact) mass is 305 g/mol. The lowest BCUT2D eigenvalue weighted by molar-refractivity contribution is -0.111. The van der Waals surface area contributed by atoms with Crippen molar-refractivity contribution < 1.29 is 13.9 Å². The normalized spacial score (nSPS) is 11.0. The summed E-state index contributed by atoms with van der Waals surface area (Å²) in [5, 5.41) is 3.17. The van der Waals surface area contributed by atoms with Gasteiger partial charge >= 0.3 is 0 Å². The molecule has 4 nitrogen and oxygen atoms in total. The summed E-state index contributed by atoms with van der Waals surface area (Å²) >= 11 is 6.11. The fraction of sp³-hybridized carbons (Fsp3) is 0.188. The van der Waals surface area contributed by atoms with Crippen LogP contribution in [0.1, 0.15) is 19.6 Å². The van der Waals surface area contributed by atoms with Crippen LogP contribution in [0.4, 0.5) is 5.69 Å². The zero-order chi connectivity index (χ0) is 15.2. The van der Waals surface area contributed by atoms with Gasteiger partial charge in [-0.25, -0.2) is 0 Å². The van der Waals surface area contributed by atoms with E-state index in [1.165, 1.54) is 6.08 Å². The Kier molecular flexibility index (Phi) is 5.06. The molecular weight excluding hydrogens is 290 g/mol. The van der Waals surface area contributed by atoms with Crippen LogP contribution in [0.15, 0.2) is 47.1 Å². The first-order chi connectivity index (χ1) is 10.0. The van der Waals surface area contributed by atoms with Gasteiger partial charge in [0.05, 0.1) is 17.4 Å². The Hall–Kier alpha value is -2.20. The summed E-state index contributed by atoms with van der Waals surface area (Å²) in [6, 6.07) is 8.64. The first kappa shape index (κ1) is 15.2. The van der Waals surface area contributed by atoms with Crippen molar-refractivity contribution in [2.24, 2.45) is 0 Å². The summed E-state index contributed by atoms with van der Waals surface area (Å²) < 4.78 is 10.6. The maximum absolute atomic E-state index is 11.8. The smallest absolute Gasteiger partial charge is 0.248 e. The first-order valence-corrected chi connectivity index (χ1v) is 6.91. The van der Waals surface area contributed by atoms with Gasteiger partial charge in [0.15, 0.2) is 0 Å². The number of rotatable bonds is 5. The summed E-state index contributed by atoms with van der Waals surface area (Å²) in [6.45, 7) is 3.84. The zero-order valence-electron chi connectivity index (χ0n) is 11.8. The molecule has 5 heteroatoms. The van der Waals surface area contributed by atoms with Gasteiger partial charge in [0.2, 0.25) is 5.91 Å². The van der Waals surface area contributed by atoms with Crippen LogP contribution in [-0.2, 0) is 4.79 Å². The highest BCUT2D eigenvalue weighted by atomic mass is 35.5. The van der Waals surface area contributed by atoms with Crippen molar-refractivity contribution in [1.82, 2.24) is 0 Å². The van der Waals surface area contributed by atoms with Gasteiger partial charge in [-0.3, -0.25) is 4.79 Å². The Morgan fingerprint density at radius 1 is 1.38 bits per heavy atom. The Bertz CT molecular complexity index is 633. The third-order valence-electron chi connectivity index (χ3n) is 2.50. The van der Waals surface area contributed by atoms with Crippen molar-refractivity contribution in [3.8, 4) is 5.75 Å². The molecule has 0 aliphatic heterocycles. The molecule has 0 spiro atoms. The molecule has 1 N–H and O–H groups in total. The first-order valence-electron chi connectivity index (χ1n) is 6.53. The molecule has 0 aliphatic carbocycles. The molecule has 1 aromatic heterocycles. The lowest BCUT2D eigenvalue weighted by atomic mass is 10.3. The average molecular weight is 306 g/mol. The van der Waals surface area contributed by atoms with E-state index in [4.69, 9.17) is 20.8 Å². The SMILES string of the molecule is CC(C)Oc1ccc(NC(=O)C=Cc2ccco2)cc1Cl. The highest BCUT2D eigenvalue weighted by Crippen LogP contribution is 2.28. The summed E-state index contributed by atoms with van der Waals surface area (Å²) in [7, 11) is 0. The van der Waals surface area contributed by atoms with Gasteiger partial charge < -0.3 is 14.5 Å². The lowest BCUT2D eigenvalue weighted by Crippen LogP contribution is -2.09. The second kappa shape index (κ2) is 6.99. The number of amides is 1. The Balaban J connectivity index is 1.99. The molecule has 0 aliphatic rings. The maximum Gasteiger partial charge on any atom is 0.248 e. The lowest BCUT2D eigenvalue weighted by Gasteiger charge is -2.12. The number of benzene rings is 1. The molecule has 0 fully saturated rings. The molecule has 0 radical (unpaired) electrons. The highest BCUT2D eigenvalue weighted by Gasteiger charge is 2.06. The quantitative estimate of drug-likeness (QED) is 0.834. The van der Waals surface area contributed by atoms with Crippen LogP contribution in [0.5, 0.6) is 5.75 Å². The van der Waals surface area contributed by atoms with Crippen LogP contribution in [0.25, 0.3) is 6.08 Å². The molecule has 0 bridgehead atoms. The Morgan fingerprint density at radius 3 is 2.81 bits per heavy atom. The second-order valence-electron chi connectivity index (χ2n) is 4.65. The molecule has 0 saturated heterocycles. The standard InChI is InChI=1S/C16H16ClNO3/c1-11(2)21-15-7-5-12(10-14(15)17)18-16(19)8-6-13-4-3-9-20-13/h3-11H,1-2H3,(H,18,19). The molecule has 2 rings (SSSR count). The number of hydrogen-bond acceptors (Lipinski definition) is 3. The maximum atomic E-state index is 11.8. The summed E-state index contributed by atoms with van der Waals surface area (Å²) in [4.78, 5) is 11.8. The number of nitrogens with one attached hydrogen (secondary N) is 1. The van der Waals surface area contributed by atoms with Crippen molar-refractivity contribution in [1.29, 1.82) is 0 Å². The Morgan fingerprint density at radius 2 is 2.19 bits per heavy atom. The number of carbonyl (C=O) groups is 1. The van der Waals surface area contributed by atoms with Crippen molar-refractivity contribution in [2.75, 3.05) is 5.32 Å². The van der Waals surface area contributed by atoms with E-state index in [0.29, 0.717) is 22.2 Å². The number of halogens is 1. The van der Waals surface area contributed by atoms with Gasteiger partial charge in [0.1, 0.15) is 11.5 Å². The van der Waals surface area contributed by atoms with Gasteiger partial charge in [0.25, 0.3) is 0 Å². The molecule has 1 amide bonds. The van der Waals surface area contributed by atoms with E-state index in [1.807, 2.05) is 13.8 Å². The van der Waals surface area contributed by atoms with Gasteiger partial charge in [0, 0.05) is 11.8 Å². The van der Waals surface area contributed by atoms with E-state index in [1.54, 1.807) is 42.7 Å². The molecule has 110 valence electrons. The molecule has 0 unspecified atom stereocenters. The summed E-state index contributed by atoms with van der Waals surface area (Å²) in [5.74, 6) is 0.944. The summed E-state index contributed by atoms with van der Waals surface area (Å²) in [6.07, 6.45) is 4.57. The second-order valence-corrected chi connectivity index (χ2v) is 5.06. The molecule has 21 heavy (non-hydrogen) atoms. The van der Waals surface area contributed by atoms with E-state index < -0.39 is 0 Å². The summed E-state index contributed by atoms with van der Waals surface area (Å²) in [5.41, 5.74) is 0.602. The van der Waals surface area contributed by atoms with Crippen LogP contribution >= 0.6 is 11.6 Å². The minimum Gasteiger partial charge on any atom is -0.489 e. The number of anilines is 1. The van der Waals surface area contributed by atoms with Gasteiger partial charge in [-0.2, -0.15) is 0 Å². The molecule has 1 heterocycles. The van der Waals surface area contributed by atoms with Crippen molar-refractivity contribution in [3.05, 3.63) is 53.5 Å². The van der Waals surface area contributed by atoms with Crippen molar-refractivity contribution in [3.63, 3.8) is 0 Å². The highest BCUT2D eigenvalue weighted by molar-refractivity contribution is 6.32. The zero-order valence-corrected chi connectivity index (χ0v) is 12.6.